The lowest BCUT2D eigenvalue weighted by molar-refractivity contribution is 0.0757. The van der Waals surface area contributed by atoms with E-state index in [1.165, 1.54) is 12.8 Å². The second kappa shape index (κ2) is 7.57. The molecule has 3 aromatic rings. The van der Waals surface area contributed by atoms with E-state index in [2.05, 4.69) is 11.1 Å². The molecule has 4 nitrogen and oxygen atoms in total. The summed E-state index contributed by atoms with van der Waals surface area (Å²) < 4.78 is 2.23. The summed E-state index contributed by atoms with van der Waals surface area (Å²) in [6, 6.07) is 15.1. The number of fused-ring (bicyclic) bond motifs is 1. The smallest absolute Gasteiger partial charge is 0.254 e. The van der Waals surface area contributed by atoms with Crippen molar-refractivity contribution in [1.82, 2.24) is 14.5 Å². The van der Waals surface area contributed by atoms with E-state index in [1.807, 2.05) is 48.5 Å². The largest absolute Gasteiger partial charge is 0.327 e. The van der Waals surface area contributed by atoms with Crippen molar-refractivity contribution in [2.24, 2.45) is 5.92 Å². The van der Waals surface area contributed by atoms with Crippen LogP contribution in [-0.4, -0.2) is 26.9 Å². The molecule has 138 valence electrons. The molecule has 1 aliphatic rings. The van der Waals surface area contributed by atoms with Crippen molar-refractivity contribution < 1.29 is 4.79 Å². The normalized spacial score (nSPS) is 13.7. The lowest BCUT2D eigenvalue weighted by atomic mass is 10.2. The molecule has 0 N–H and O–H groups in total. The number of rotatable bonds is 7. The molecule has 1 aliphatic carbocycles. The zero-order chi connectivity index (χ0) is 18.8. The van der Waals surface area contributed by atoms with Crippen LogP contribution in [0.25, 0.3) is 11.0 Å². The van der Waals surface area contributed by atoms with E-state index in [0.717, 1.165) is 23.4 Å². The van der Waals surface area contributed by atoms with E-state index in [4.69, 9.17) is 16.6 Å². The standard InChI is InChI=1S/C22H22ClN3O/c1-2-12-25(22(27)17-6-4-3-5-7-17)15-21-24-19-11-10-18(23)13-20(19)26(21)14-16-8-9-16/h2-7,10-11,13,16H,1,8-9,12,14-15H2. The summed E-state index contributed by atoms with van der Waals surface area (Å²) in [5.41, 5.74) is 2.63. The molecular formula is C22H22ClN3O. The van der Waals surface area contributed by atoms with E-state index in [9.17, 15) is 4.79 Å². The summed E-state index contributed by atoms with van der Waals surface area (Å²) in [6.45, 7) is 5.66. The number of halogens is 1. The Balaban J connectivity index is 1.69. The van der Waals surface area contributed by atoms with E-state index < -0.39 is 0 Å². The highest BCUT2D eigenvalue weighted by atomic mass is 35.5. The van der Waals surface area contributed by atoms with Gasteiger partial charge in [0.15, 0.2) is 0 Å². The van der Waals surface area contributed by atoms with Gasteiger partial charge in [0, 0.05) is 23.7 Å². The first-order chi connectivity index (χ1) is 13.2. The highest BCUT2D eigenvalue weighted by molar-refractivity contribution is 6.31. The quantitative estimate of drug-likeness (QED) is 0.546. The van der Waals surface area contributed by atoms with Gasteiger partial charge in [-0.05, 0) is 49.1 Å². The first-order valence-electron chi connectivity index (χ1n) is 9.25. The third kappa shape index (κ3) is 3.91. The van der Waals surface area contributed by atoms with Crippen molar-refractivity contribution in [1.29, 1.82) is 0 Å². The van der Waals surface area contributed by atoms with Crippen LogP contribution in [0.3, 0.4) is 0 Å². The Labute approximate surface area is 164 Å². The van der Waals surface area contributed by atoms with Crippen LogP contribution >= 0.6 is 11.6 Å². The molecule has 0 spiro atoms. The molecule has 4 rings (SSSR count). The van der Waals surface area contributed by atoms with Crippen LogP contribution in [0, 0.1) is 5.92 Å². The number of nitrogens with zero attached hydrogens (tertiary/aromatic N) is 3. The van der Waals surface area contributed by atoms with Crippen molar-refractivity contribution in [3.8, 4) is 0 Å². The predicted octanol–water partition coefficient (Wildman–Crippen LogP) is 4.93. The Kier molecular flexibility index (Phi) is 4.99. The zero-order valence-corrected chi connectivity index (χ0v) is 15.9. The van der Waals surface area contributed by atoms with Gasteiger partial charge in [-0.15, -0.1) is 6.58 Å². The highest BCUT2D eigenvalue weighted by Crippen LogP contribution is 2.33. The summed E-state index contributed by atoms with van der Waals surface area (Å²) in [5.74, 6) is 1.57. The Bertz CT molecular complexity index is 976. The maximum absolute atomic E-state index is 13.0. The van der Waals surface area contributed by atoms with Gasteiger partial charge in [-0.3, -0.25) is 4.79 Å². The molecule has 1 amide bonds. The average Bonchev–Trinajstić information content (AvgIpc) is 3.45. The Morgan fingerprint density at radius 2 is 2.04 bits per heavy atom. The van der Waals surface area contributed by atoms with Crippen LogP contribution in [0.4, 0.5) is 0 Å². The van der Waals surface area contributed by atoms with Gasteiger partial charge in [-0.2, -0.15) is 0 Å². The predicted molar refractivity (Wildman–Crippen MR) is 109 cm³/mol. The van der Waals surface area contributed by atoms with Crippen LogP contribution in [-0.2, 0) is 13.1 Å². The molecule has 0 aliphatic heterocycles. The maximum Gasteiger partial charge on any atom is 0.254 e. The van der Waals surface area contributed by atoms with Crippen LogP contribution in [0.15, 0.2) is 61.2 Å². The monoisotopic (exact) mass is 379 g/mol. The average molecular weight is 380 g/mol. The van der Waals surface area contributed by atoms with Crippen molar-refractivity contribution in [3.05, 3.63) is 77.6 Å². The van der Waals surface area contributed by atoms with Gasteiger partial charge in [0.25, 0.3) is 5.91 Å². The number of aromatic nitrogens is 2. The molecule has 0 bridgehead atoms. The minimum atomic E-state index is -0.0152. The summed E-state index contributed by atoms with van der Waals surface area (Å²) >= 11 is 6.22. The molecule has 5 heteroatoms. The third-order valence-electron chi connectivity index (χ3n) is 4.92. The molecule has 1 aromatic heterocycles. The summed E-state index contributed by atoms with van der Waals surface area (Å²) in [5, 5.41) is 0.703. The maximum atomic E-state index is 13.0. The molecule has 0 atom stereocenters. The molecule has 0 radical (unpaired) electrons. The van der Waals surface area contributed by atoms with E-state index in [0.29, 0.717) is 29.6 Å². The molecule has 0 unspecified atom stereocenters. The van der Waals surface area contributed by atoms with Crippen LogP contribution in [0.2, 0.25) is 5.02 Å². The van der Waals surface area contributed by atoms with Gasteiger partial charge < -0.3 is 9.47 Å². The second-order valence-corrected chi connectivity index (χ2v) is 7.49. The number of imidazole rings is 1. The van der Waals surface area contributed by atoms with Gasteiger partial charge >= 0.3 is 0 Å². The zero-order valence-electron chi connectivity index (χ0n) is 15.1. The summed E-state index contributed by atoms with van der Waals surface area (Å²) in [6.07, 6.45) is 4.25. The van der Waals surface area contributed by atoms with Crippen LogP contribution in [0.5, 0.6) is 0 Å². The van der Waals surface area contributed by atoms with Gasteiger partial charge in [0.1, 0.15) is 5.82 Å². The van der Waals surface area contributed by atoms with E-state index in [1.54, 1.807) is 11.0 Å². The number of amides is 1. The SMILES string of the molecule is C=CCN(Cc1nc2ccc(Cl)cc2n1CC1CC1)C(=O)c1ccccc1. The van der Waals surface area contributed by atoms with Gasteiger partial charge in [-0.25, -0.2) is 4.98 Å². The first kappa shape index (κ1) is 17.8. The molecule has 27 heavy (non-hydrogen) atoms. The Morgan fingerprint density at radius 3 is 2.74 bits per heavy atom. The Morgan fingerprint density at radius 1 is 1.26 bits per heavy atom. The van der Waals surface area contributed by atoms with Crippen molar-refractivity contribution >= 4 is 28.5 Å². The van der Waals surface area contributed by atoms with Crippen molar-refractivity contribution in [2.75, 3.05) is 6.54 Å². The van der Waals surface area contributed by atoms with Gasteiger partial charge in [0.2, 0.25) is 0 Å². The Hall–Kier alpha value is -2.59. The highest BCUT2D eigenvalue weighted by Gasteiger charge is 2.25. The van der Waals surface area contributed by atoms with E-state index >= 15 is 0 Å². The lowest BCUT2D eigenvalue weighted by Gasteiger charge is -2.21. The first-order valence-corrected chi connectivity index (χ1v) is 9.63. The fourth-order valence-corrected chi connectivity index (χ4v) is 3.50. The number of carbonyl (C=O) groups excluding carboxylic acids is 1. The number of benzene rings is 2. The molecule has 1 saturated carbocycles. The van der Waals surface area contributed by atoms with Gasteiger partial charge in [-0.1, -0.05) is 35.9 Å². The van der Waals surface area contributed by atoms with Crippen LogP contribution in [0.1, 0.15) is 29.0 Å². The molecular weight excluding hydrogens is 358 g/mol. The molecule has 0 saturated heterocycles. The van der Waals surface area contributed by atoms with E-state index in [-0.39, 0.29) is 5.91 Å². The molecule has 1 heterocycles. The van der Waals surface area contributed by atoms with Crippen LogP contribution < -0.4 is 0 Å². The minimum Gasteiger partial charge on any atom is -0.327 e. The fraction of sp³-hybridized carbons (Fsp3) is 0.273. The fourth-order valence-electron chi connectivity index (χ4n) is 3.34. The summed E-state index contributed by atoms with van der Waals surface area (Å²) in [7, 11) is 0. The number of carbonyl (C=O) groups is 1. The number of hydrogen-bond acceptors (Lipinski definition) is 2. The lowest BCUT2D eigenvalue weighted by Crippen LogP contribution is -2.32. The molecule has 2 aromatic carbocycles. The third-order valence-corrected chi connectivity index (χ3v) is 5.15. The minimum absolute atomic E-state index is 0.0152. The number of hydrogen-bond donors (Lipinski definition) is 0. The van der Waals surface area contributed by atoms with Crippen molar-refractivity contribution in [2.45, 2.75) is 25.9 Å². The molecule has 1 fully saturated rings. The van der Waals surface area contributed by atoms with Crippen molar-refractivity contribution in [3.63, 3.8) is 0 Å². The van der Waals surface area contributed by atoms with Gasteiger partial charge in [0.05, 0.1) is 17.6 Å². The summed E-state index contributed by atoms with van der Waals surface area (Å²) in [4.78, 5) is 19.6. The topological polar surface area (TPSA) is 38.1 Å². The second-order valence-electron chi connectivity index (χ2n) is 7.06.